The minimum absolute atomic E-state index is 0.0539. The lowest BCUT2D eigenvalue weighted by Crippen LogP contribution is -2.17. The predicted octanol–water partition coefficient (Wildman–Crippen LogP) is 5.24. The van der Waals surface area contributed by atoms with Crippen LogP contribution < -0.4 is 10.2 Å². The Morgan fingerprint density at radius 1 is 1.07 bits per heavy atom. The fourth-order valence-corrected chi connectivity index (χ4v) is 2.77. The Morgan fingerprint density at radius 3 is 2.53 bits per heavy atom. The van der Waals surface area contributed by atoms with E-state index in [1.807, 2.05) is 6.07 Å². The molecular formula is C21H15Cl2N3O4. The number of carbonyl (C=O) groups is 1. The first kappa shape index (κ1) is 21.3. The van der Waals surface area contributed by atoms with Crippen molar-refractivity contribution in [3.63, 3.8) is 0 Å². The van der Waals surface area contributed by atoms with Gasteiger partial charge in [0, 0.05) is 23.3 Å². The standard InChI is InChI=1S/C21H15Cl2N3O4/c22-19-9-4-15(11-20(19)23)13-30-18-7-5-16(6-8-18)21(27)25-24-12-14-2-1-3-17(10-14)26(28)29/h1-12H,13H2,(H,25,27). The Morgan fingerprint density at radius 2 is 1.83 bits per heavy atom. The quantitative estimate of drug-likeness (QED) is 0.306. The number of nitro groups is 1. The molecule has 30 heavy (non-hydrogen) atoms. The van der Waals surface area contributed by atoms with E-state index in [-0.39, 0.29) is 5.69 Å². The maximum atomic E-state index is 12.2. The molecule has 3 aromatic rings. The van der Waals surface area contributed by atoms with Crippen molar-refractivity contribution >= 4 is 41.0 Å². The number of amides is 1. The number of nitrogens with zero attached hydrogens (tertiary/aromatic N) is 2. The summed E-state index contributed by atoms with van der Waals surface area (Å²) in [4.78, 5) is 22.4. The number of non-ortho nitro benzene ring substituents is 1. The first-order valence-corrected chi connectivity index (χ1v) is 9.42. The normalized spacial score (nSPS) is 10.7. The SMILES string of the molecule is O=C(NN=Cc1cccc([N+](=O)[O-])c1)c1ccc(OCc2ccc(Cl)c(Cl)c2)cc1. The molecule has 0 aliphatic rings. The number of benzene rings is 3. The molecule has 0 aromatic heterocycles. The topological polar surface area (TPSA) is 93.8 Å². The van der Waals surface area contributed by atoms with E-state index in [1.165, 1.54) is 24.4 Å². The van der Waals surface area contributed by atoms with E-state index in [2.05, 4.69) is 10.5 Å². The van der Waals surface area contributed by atoms with Gasteiger partial charge >= 0.3 is 0 Å². The second kappa shape index (κ2) is 9.87. The number of ether oxygens (including phenoxy) is 1. The Labute approximate surface area is 182 Å². The molecule has 1 N–H and O–H groups in total. The number of nitrogens with one attached hydrogen (secondary N) is 1. The van der Waals surface area contributed by atoms with E-state index in [9.17, 15) is 14.9 Å². The van der Waals surface area contributed by atoms with Crippen LogP contribution in [0.4, 0.5) is 5.69 Å². The van der Waals surface area contributed by atoms with Crippen molar-refractivity contribution in [3.8, 4) is 5.75 Å². The zero-order valence-electron chi connectivity index (χ0n) is 15.4. The molecule has 0 saturated carbocycles. The van der Waals surface area contributed by atoms with E-state index < -0.39 is 10.8 Å². The van der Waals surface area contributed by atoms with E-state index in [4.69, 9.17) is 27.9 Å². The molecule has 0 radical (unpaired) electrons. The Balaban J connectivity index is 1.55. The number of hydrogen-bond acceptors (Lipinski definition) is 5. The summed E-state index contributed by atoms with van der Waals surface area (Å²) in [6.45, 7) is 0.302. The van der Waals surface area contributed by atoms with Crippen LogP contribution in [-0.2, 0) is 6.61 Å². The summed E-state index contributed by atoms with van der Waals surface area (Å²) in [5, 5.41) is 15.5. The molecule has 0 unspecified atom stereocenters. The molecule has 0 fully saturated rings. The van der Waals surface area contributed by atoms with Crippen LogP contribution in [0.2, 0.25) is 10.0 Å². The number of halogens is 2. The summed E-state index contributed by atoms with van der Waals surface area (Å²) in [6.07, 6.45) is 1.33. The molecule has 0 aliphatic heterocycles. The highest BCUT2D eigenvalue weighted by atomic mass is 35.5. The molecule has 3 aromatic carbocycles. The summed E-state index contributed by atoms with van der Waals surface area (Å²) < 4.78 is 5.67. The maximum Gasteiger partial charge on any atom is 0.271 e. The maximum absolute atomic E-state index is 12.2. The molecule has 152 valence electrons. The fourth-order valence-electron chi connectivity index (χ4n) is 2.45. The van der Waals surface area contributed by atoms with Gasteiger partial charge in [-0.3, -0.25) is 14.9 Å². The van der Waals surface area contributed by atoms with Gasteiger partial charge in [-0.2, -0.15) is 5.10 Å². The molecule has 9 heteroatoms. The van der Waals surface area contributed by atoms with Crippen LogP contribution in [0.1, 0.15) is 21.5 Å². The van der Waals surface area contributed by atoms with Crippen LogP contribution in [0.15, 0.2) is 71.8 Å². The minimum Gasteiger partial charge on any atom is -0.489 e. The lowest BCUT2D eigenvalue weighted by atomic mass is 10.2. The van der Waals surface area contributed by atoms with Gasteiger partial charge in [0.25, 0.3) is 11.6 Å². The largest absolute Gasteiger partial charge is 0.489 e. The lowest BCUT2D eigenvalue weighted by molar-refractivity contribution is -0.384. The number of hydrazone groups is 1. The van der Waals surface area contributed by atoms with Crippen molar-refractivity contribution in [1.82, 2.24) is 5.43 Å². The molecule has 1 amide bonds. The van der Waals surface area contributed by atoms with Crippen LogP contribution in [0.5, 0.6) is 5.75 Å². The highest BCUT2D eigenvalue weighted by Gasteiger charge is 2.07. The summed E-state index contributed by atoms with van der Waals surface area (Å²) >= 11 is 11.9. The predicted molar refractivity (Wildman–Crippen MR) is 115 cm³/mol. The molecule has 0 bridgehead atoms. The number of carbonyl (C=O) groups excluding carboxylic acids is 1. The molecule has 0 spiro atoms. The Hall–Kier alpha value is -3.42. The van der Waals surface area contributed by atoms with Crippen LogP contribution >= 0.6 is 23.2 Å². The van der Waals surface area contributed by atoms with E-state index in [0.717, 1.165) is 5.56 Å². The first-order valence-electron chi connectivity index (χ1n) is 8.67. The van der Waals surface area contributed by atoms with Gasteiger partial charge in [0.1, 0.15) is 12.4 Å². The van der Waals surface area contributed by atoms with Crippen LogP contribution in [0.3, 0.4) is 0 Å². The summed E-state index contributed by atoms with van der Waals surface area (Å²) in [5.41, 5.74) is 4.06. The monoisotopic (exact) mass is 443 g/mol. The van der Waals surface area contributed by atoms with Gasteiger partial charge in [-0.05, 0) is 42.0 Å². The third kappa shape index (κ3) is 5.79. The molecule has 0 atom stereocenters. The molecular weight excluding hydrogens is 429 g/mol. The van der Waals surface area contributed by atoms with Gasteiger partial charge in [0.05, 0.1) is 21.2 Å². The minimum atomic E-state index is -0.499. The zero-order valence-corrected chi connectivity index (χ0v) is 16.9. The van der Waals surface area contributed by atoms with Crippen molar-refractivity contribution in [2.24, 2.45) is 5.10 Å². The summed E-state index contributed by atoms with van der Waals surface area (Å²) in [5.74, 6) is 0.158. The first-order chi connectivity index (χ1) is 14.4. The van der Waals surface area contributed by atoms with Gasteiger partial charge in [-0.25, -0.2) is 5.43 Å². The van der Waals surface area contributed by atoms with Crippen molar-refractivity contribution in [2.75, 3.05) is 0 Å². The van der Waals surface area contributed by atoms with E-state index in [1.54, 1.807) is 42.5 Å². The smallest absolute Gasteiger partial charge is 0.271 e. The Bertz CT molecular complexity index is 1100. The van der Waals surface area contributed by atoms with Gasteiger partial charge in [0.15, 0.2) is 0 Å². The fraction of sp³-hybridized carbons (Fsp3) is 0.0476. The average molecular weight is 444 g/mol. The third-order valence-electron chi connectivity index (χ3n) is 3.97. The number of rotatable bonds is 7. The average Bonchev–Trinajstić information content (AvgIpc) is 2.75. The van der Waals surface area contributed by atoms with Crippen LogP contribution in [0, 0.1) is 10.1 Å². The van der Waals surface area contributed by atoms with Crippen LogP contribution in [0.25, 0.3) is 0 Å². The van der Waals surface area contributed by atoms with Crippen molar-refractivity contribution in [1.29, 1.82) is 0 Å². The lowest BCUT2D eigenvalue weighted by Gasteiger charge is -2.08. The Kier molecular flexibility index (Phi) is 7.00. The van der Waals surface area contributed by atoms with E-state index in [0.29, 0.717) is 33.5 Å². The molecule has 7 nitrogen and oxygen atoms in total. The molecule has 0 heterocycles. The summed E-state index contributed by atoms with van der Waals surface area (Å²) in [7, 11) is 0. The van der Waals surface area contributed by atoms with Gasteiger partial charge in [-0.15, -0.1) is 0 Å². The highest BCUT2D eigenvalue weighted by Crippen LogP contribution is 2.23. The number of hydrogen-bond donors (Lipinski definition) is 1. The highest BCUT2D eigenvalue weighted by molar-refractivity contribution is 6.42. The molecule has 0 saturated heterocycles. The van der Waals surface area contributed by atoms with Gasteiger partial charge in [0.2, 0.25) is 0 Å². The summed E-state index contributed by atoms with van der Waals surface area (Å²) in [6, 6.07) is 17.7. The third-order valence-corrected chi connectivity index (χ3v) is 4.71. The van der Waals surface area contributed by atoms with Gasteiger partial charge < -0.3 is 4.74 Å². The zero-order chi connectivity index (χ0) is 21.5. The van der Waals surface area contributed by atoms with Crippen LogP contribution in [-0.4, -0.2) is 17.0 Å². The second-order valence-electron chi connectivity index (χ2n) is 6.11. The van der Waals surface area contributed by atoms with Crippen molar-refractivity contribution < 1.29 is 14.5 Å². The number of nitro benzene ring substituents is 1. The molecule has 3 rings (SSSR count). The second-order valence-corrected chi connectivity index (χ2v) is 6.93. The van der Waals surface area contributed by atoms with Crippen molar-refractivity contribution in [3.05, 3.63) is 104 Å². The van der Waals surface area contributed by atoms with Crippen molar-refractivity contribution in [2.45, 2.75) is 6.61 Å². The van der Waals surface area contributed by atoms with E-state index >= 15 is 0 Å². The van der Waals surface area contributed by atoms with Gasteiger partial charge in [-0.1, -0.05) is 41.4 Å². The molecule has 0 aliphatic carbocycles.